The van der Waals surface area contributed by atoms with Crippen molar-refractivity contribution in [3.8, 4) is 0 Å². The van der Waals surface area contributed by atoms with E-state index < -0.39 is 0 Å². The van der Waals surface area contributed by atoms with Crippen molar-refractivity contribution in [3.05, 3.63) is 28.8 Å². The van der Waals surface area contributed by atoms with Gasteiger partial charge in [0.05, 0.1) is 13.2 Å². The highest BCUT2D eigenvalue weighted by molar-refractivity contribution is 5.33. The molecule has 0 radical (unpaired) electrons. The van der Waals surface area contributed by atoms with Crippen molar-refractivity contribution in [1.29, 1.82) is 0 Å². The minimum Gasteiger partial charge on any atom is -0.394 e. The number of hydrogen-bond donors (Lipinski definition) is 1. The number of aliphatic hydroxyl groups excluding tert-OH is 1. The quantitative estimate of drug-likeness (QED) is 0.635. The molecule has 2 heterocycles. The molecule has 68 valence electrons. The molecule has 2 aromatic rings. The highest BCUT2D eigenvalue weighted by atomic mass is 16.3. The molecule has 1 N–H and O–H groups in total. The summed E-state index contributed by atoms with van der Waals surface area (Å²) in [6.45, 7) is 0.158. The van der Waals surface area contributed by atoms with E-state index in [0.29, 0.717) is 5.65 Å². The van der Waals surface area contributed by atoms with Crippen molar-refractivity contribution in [1.82, 2.24) is 19.4 Å². The van der Waals surface area contributed by atoms with Crippen LogP contribution in [0.5, 0.6) is 0 Å². The standard InChI is InChI=1S/C7H8N4O2/c12-4-3-10-7(13)2-1-6-9-8-5-11(6)10/h1-2,5,12H,3-4H2. The van der Waals surface area contributed by atoms with E-state index in [0.717, 1.165) is 0 Å². The number of aromatic nitrogens is 4. The number of rotatable bonds is 2. The number of nitrogens with zero attached hydrogens (tertiary/aromatic N) is 4. The normalized spacial score (nSPS) is 10.8. The van der Waals surface area contributed by atoms with Gasteiger partial charge in [-0.05, 0) is 6.07 Å². The van der Waals surface area contributed by atoms with Gasteiger partial charge in [-0.3, -0.25) is 4.79 Å². The Balaban J connectivity index is 2.73. The highest BCUT2D eigenvalue weighted by Crippen LogP contribution is 1.93. The molecule has 0 bridgehead atoms. The second-order valence-electron chi connectivity index (χ2n) is 2.55. The van der Waals surface area contributed by atoms with Gasteiger partial charge in [-0.1, -0.05) is 0 Å². The van der Waals surface area contributed by atoms with Crippen molar-refractivity contribution in [3.63, 3.8) is 0 Å². The van der Waals surface area contributed by atoms with Crippen molar-refractivity contribution in [2.75, 3.05) is 6.61 Å². The van der Waals surface area contributed by atoms with E-state index >= 15 is 0 Å². The summed E-state index contributed by atoms with van der Waals surface area (Å²) in [6, 6.07) is 2.99. The molecule has 0 unspecified atom stereocenters. The third-order valence-corrected chi connectivity index (χ3v) is 1.76. The van der Waals surface area contributed by atoms with Gasteiger partial charge in [0.25, 0.3) is 5.56 Å². The molecule has 0 aliphatic carbocycles. The summed E-state index contributed by atoms with van der Waals surface area (Å²) in [5, 5.41) is 16.2. The number of aliphatic hydroxyl groups is 1. The van der Waals surface area contributed by atoms with Crippen LogP contribution in [0.4, 0.5) is 0 Å². The lowest BCUT2D eigenvalue weighted by Crippen LogP contribution is -2.26. The van der Waals surface area contributed by atoms with Crippen molar-refractivity contribution in [2.45, 2.75) is 6.54 Å². The van der Waals surface area contributed by atoms with Crippen LogP contribution < -0.4 is 5.56 Å². The number of fused-ring (bicyclic) bond motifs is 1. The van der Waals surface area contributed by atoms with Gasteiger partial charge in [0.2, 0.25) is 0 Å². The average molecular weight is 180 g/mol. The minimum absolute atomic E-state index is 0.0861. The molecule has 2 aromatic heterocycles. The first-order chi connectivity index (χ1) is 6.33. The summed E-state index contributed by atoms with van der Waals surface area (Å²) < 4.78 is 2.88. The molecule has 0 amide bonds. The summed E-state index contributed by atoms with van der Waals surface area (Å²) in [7, 11) is 0. The maximum atomic E-state index is 11.3. The Morgan fingerprint density at radius 3 is 3.08 bits per heavy atom. The third-order valence-electron chi connectivity index (χ3n) is 1.76. The van der Waals surface area contributed by atoms with Gasteiger partial charge in [-0.15, -0.1) is 10.2 Å². The summed E-state index contributed by atoms with van der Waals surface area (Å²) >= 11 is 0. The van der Waals surface area contributed by atoms with E-state index in [1.54, 1.807) is 6.07 Å². The van der Waals surface area contributed by atoms with Crippen LogP contribution in [0.2, 0.25) is 0 Å². The van der Waals surface area contributed by atoms with E-state index in [-0.39, 0.29) is 18.7 Å². The Labute approximate surface area is 73.0 Å². The molecule has 0 saturated carbocycles. The van der Waals surface area contributed by atoms with Crippen molar-refractivity contribution < 1.29 is 5.11 Å². The van der Waals surface area contributed by atoms with E-state index in [1.165, 1.54) is 21.6 Å². The lowest BCUT2D eigenvalue weighted by atomic mass is 10.5. The summed E-state index contributed by atoms with van der Waals surface area (Å²) in [5.41, 5.74) is 0.411. The lowest BCUT2D eigenvalue weighted by Gasteiger charge is -2.04. The van der Waals surface area contributed by atoms with Crippen LogP contribution in [-0.2, 0) is 6.54 Å². The summed E-state index contributed by atoms with van der Waals surface area (Å²) in [4.78, 5) is 11.3. The Morgan fingerprint density at radius 2 is 2.31 bits per heavy atom. The van der Waals surface area contributed by atoms with Crippen LogP contribution >= 0.6 is 0 Å². The Bertz CT molecular complexity index is 473. The van der Waals surface area contributed by atoms with Crippen LogP contribution in [0.25, 0.3) is 5.65 Å². The summed E-state index contributed by atoms with van der Waals surface area (Å²) in [5.74, 6) is 0. The molecule has 0 aromatic carbocycles. The molecule has 0 spiro atoms. The fraction of sp³-hybridized carbons (Fsp3) is 0.286. The Kier molecular flexibility index (Phi) is 1.82. The van der Waals surface area contributed by atoms with Gasteiger partial charge in [0, 0.05) is 6.07 Å². The zero-order valence-electron chi connectivity index (χ0n) is 6.79. The van der Waals surface area contributed by atoms with Gasteiger partial charge in [-0.2, -0.15) is 0 Å². The molecule has 0 aliphatic heterocycles. The predicted molar refractivity (Wildman–Crippen MR) is 44.3 cm³/mol. The van der Waals surface area contributed by atoms with Crippen LogP contribution in [0.15, 0.2) is 23.3 Å². The Morgan fingerprint density at radius 1 is 1.46 bits per heavy atom. The predicted octanol–water partition coefficient (Wildman–Crippen LogP) is -1.12. The first-order valence-corrected chi connectivity index (χ1v) is 3.83. The maximum Gasteiger partial charge on any atom is 0.265 e. The molecule has 2 rings (SSSR count). The topological polar surface area (TPSA) is 72.4 Å². The minimum atomic E-state index is -0.179. The van der Waals surface area contributed by atoms with E-state index in [4.69, 9.17) is 5.11 Å². The molecule has 0 saturated heterocycles. The fourth-order valence-corrected chi connectivity index (χ4v) is 1.19. The van der Waals surface area contributed by atoms with Gasteiger partial charge in [-0.25, -0.2) is 9.20 Å². The highest BCUT2D eigenvalue weighted by Gasteiger charge is 2.01. The molecular weight excluding hydrogens is 172 g/mol. The fourth-order valence-electron chi connectivity index (χ4n) is 1.19. The molecule has 6 nitrogen and oxygen atoms in total. The van der Waals surface area contributed by atoms with Crippen LogP contribution in [0.3, 0.4) is 0 Å². The van der Waals surface area contributed by atoms with E-state index in [1.807, 2.05) is 0 Å². The van der Waals surface area contributed by atoms with Gasteiger partial charge < -0.3 is 5.11 Å². The molecule has 0 fully saturated rings. The first-order valence-electron chi connectivity index (χ1n) is 3.83. The van der Waals surface area contributed by atoms with Crippen LogP contribution in [-0.4, -0.2) is 31.1 Å². The molecular formula is C7H8N4O2. The average Bonchev–Trinajstić information content (AvgIpc) is 2.58. The molecule has 13 heavy (non-hydrogen) atoms. The third kappa shape index (κ3) is 1.20. The molecule has 0 aliphatic rings. The van der Waals surface area contributed by atoms with Gasteiger partial charge in [0.1, 0.15) is 6.33 Å². The zero-order chi connectivity index (χ0) is 9.26. The van der Waals surface area contributed by atoms with E-state index in [2.05, 4.69) is 10.2 Å². The largest absolute Gasteiger partial charge is 0.394 e. The SMILES string of the molecule is O=c1ccc2nncn2n1CCO. The van der Waals surface area contributed by atoms with E-state index in [9.17, 15) is 4.79 Å². The lowest BCUT2D eigenvalue weighted by molar-refractivity contribution is 0.263. The number of hydrogen-bond acceptors (Lipinski definition) is 4. The Hall–Kier alpha value is -1.69. The molecule has 6 heteroatoms. The maximum absolute atomic E-state index is 11.3. The van der Waals surface area contributed by atoms with Crippen molar-refractivity contribution >= 4 is 5.65 Å². The van der Waals surface area contributed by atoms with Gasteiger partial charge >= 0.3 is 0 Å². The van der Waals surface area contributed by atoms with Crippen LogP contribution in [0.1, 0.15) is 0 Å². The first kappa shape index (κ1) is 7.93. The molecule has 0 atom stereocenters. The zero-order valence-corrected chi connectivity index (χ0v) is 6.79. The summed E-state index contributed by atoms with van der Waals surface area (Å²) in [6.07, 6.45) is 1.44. The van der Waals surface area contributed by atoms with Gasteiger partial charge in [0.15, 0.2) is 5.65 Å². The van der Waals surface area contributed by atoms with Crippen molar-refractivity contribution in [2.24, 2.45) is 0 Å². The smallest absolute Gasteiger partial charge is 0.265 e. The second-order valence-corrected chi connectivity index (χ2v) is 2.55. The second kappa shape index (κ2) is 2.98. The van der Waals surface area contributed by atoms with Crippen LogP contribution in [0, 0.1) is 0 Å². The monoisotopic (exact) mass is 180 g/mol.